The van der Waals surface area contributed by atoms with Crippen LogP contribution in [0.25, 0.3) is 0 Å². The lowest BCUT2D eigenvalue weighted by Crippen LogP contribution is -2.27. The second kappa shape index (κ2) is 4.34. The van der Waals surface area contributed by atoms with Gasteiger partial charge in [0.25, 0.3) is 0 Å². The van der Waals surface area contributed by atoms with E-state index in [4.69, 9.17) is 4.74 Å². The van der Waals surface area contributed by atoms with Gasteiger partial charge in [0, 0.05) is 12.5 Å². The highest BCUT2D eigenvalue weighted by Crippen LogP contribution is 2.21. The highest BCUT2D eigenvalue weighted by atomic mass is 16.5. The molecule has 0 bridgehead atoms. The van der Waals surface area contributed by atoms with Crippen LogP contribution in [0.3, 0.4) is 0 Å². The van der Waals surface area contributed by atoms with Crippen molar-refractivity contribution in [3.63, 3.8) is 0 Å². The molecule has 1 aliphatic heterocycles. The quantitative estimate of drug-likeness (QED) is 0.812. The van der Waals surface area contributed by atoms with Crippen molar-refractivity contribution in [2.75, 3.05) is 7.11 Å². The number of carbonyl (C=O) groups is 1. The van der Waals surface area contributed by atoms with Gasteiger partial charge in [0.05, 0.1) is 7.11 Å². The van der Waals surface area contributed by atoms with E-state index in [1.807, 2.05) is 24.3 Å². The van der Waals surface area contributed by atoms with E-state index in [1.54, 1.807) is 7.11 Å². The van der Waals surface area contributed by atoms with Gasteiger partial charge in [-0.1, -0.05) is 18.2 Å². The second-order valence-electron chi connectivity index (χ2n) is 3.82. The number of methoxy groups -OCH3 is 1. The molecule has 0 spiro atoms. The first kappa shape index (κ1) is 10.0. The zero-order valence-electron chi connectivity index (χ0n) is 8.82. The van der Waals surface area contributed by atoms with Crippen molar-refractivity contribution in [3.05, 3.63) is 29.8 Å². The minimum atomic E-state index is 0.162. The van der Waals surface area contributed by atoms with Gasteiger partial charge in [0.15, 0.2) is 0 Å². The Balaban J connectivity index is 2.07. The van der Waals surface area contributed by atoms with Crippen molar-refractivity contribution < 1.29 is 9.53 Å². The number of ether oxygens (including phenoxy) is 1. The molecule has 1 amide bonds. The molecule has 15 heavy (non-hydrogen) atoms. The zero-order chi connectivity index (χ0) is 10.7. The number of carbonyl (C=O) groups excluding carboxylic acids is 1. The fourth-order valence-electron chi connectivity index (χ4n) is 1.97. The van der Waals surface area contributed by atoms with Crippen molar-refractivity contribution in [2.45, 2.75) is 25.3 Å². The fraction of sp³-hybridized carbons (Fsp3) is 0.417. The highest BCUT2D eigenvalue weighted by molar-refractivity contribution is 5.78. The van der Waals surface area contributed by atoms with Crippen LogP contribution in [0, 0.1) is 0 Å². The molecular formula is C12H15NO2. The molecule has 2 rings (SSSR count). The maximum absolute atomic E-state index is 11.1. The third-order valence-corrected chi connectivity index (χ3v) is 2.74. The number of amides is 1. The number of hydrogen-bond donors (Lipinski definition) is 1. The number of nitrogens with one attached hydrogen (secondary N) is 1. The van der Waals surface area contributed by atoms with Crippen LogP contribution in [0.5, 0.6) is 5.75 Å². The first-order valence-corrected chi connectivity index (χ1v) is 5.21. The van der Waals surface area contributed by atoms with E-state index in [1.165, 1.54) is 0 Å². The zero-order valence-corrected chi connectivity index (χ0v) is 8.82. The number of benzene rings is 1. The van der Waals surface area contributed by atoms with E-state index < -0.39 is 0 Å². The first-order valence-electron chi connectivity index (χ1n) is 5.21. The maximum atomic E-state index is 11.1. The molecule has 0 saturated carbocycles. The van der Waals surface area contributed by atoms with E-state index >= 15 is 0 Å². The normalized spacial score (nSPS) is 20.1. The molecule has 1 atom stereocenters. The largest absolute Gasteiger partial charge is 0.496 e. The molecule has 1 saturated heterocycles. The molecular weight excluding hydrogens is 190 g/mol. The van der Waals surface area contributed by atoms with E-state index in [-0.39, 0.29) is 11.9 Å². The molecule has 3 heteroatoms. The molecule has 80 valence electrons. The molecule has 3 nitrogen and oxygen atoms in total. The van der Waals surface area contributed by atoms with E-state index in [2.05, 4.69) is 5.32 Å². The molecule has 1 fully saturated rings. The van der Waals surface area contributed by atoms with Crippen LogP contribution in [-0.4, -0.2) is 19.1 Å². The van der Waals surface area contributed by atoms with E-state index in [0.29, 0.717) is 6.42 Å². The molecule has 1 N–H and O–H groups in total. The van der Waals surface area contributed by atoms with Crippen molar-refractivity contribution in [1.82, 2.24) is 5.32 Å². The Morgan fingerprint density at radius 2 is 2.27 bits per heavy atom. The summed E-state index contributed by atoms with van der Waals surface area (Å²) in [6.07, 6.45) is 2.44. The Morgan fingerprint density at radius 3 is 2.93 bits per heavy atom. The summed E-state index contributed by atoms with van der Waals surface area (Å²) in [6.45, 7) is 0. The lowest BCUT2D eigenvalue weighted by atomic mass is 10.0. The molecule has 1 unspecified atom stereocenters. The monoisotopic (exact) mass is 205 g/mol. The van der Waals surface area contributed by atoms with Crippen LogP contribution < -0.4 is 10.1 Å². The van der Waals surface area contributed by atoms with Gasteiger partial charge in [-0.25, -0.2) is 0 Å². The van der Waals surface area contributed by atoms with Gasteiger partial charge in [-0.3, -0.25) is 4.79 Å². The summed E-state index contributed by atoms with van der Waals surface area (Å²) < 4.78 is 5.27. The van der Waals surface area contributed by atoms with Crippen molar-refractivity contribution in [3.8, 4) is 5.75 Å². The summed E-state index contributed by atoms with van der Waals surface area (Å²) in [5.74, 6) is 1.06. The summed E-state index contributed by atoms with van der Waals surface area (Å²) in [4.78, 5) is 11.1. The topological polar surface area (TPSA) is 38.3 Å². The molecule has 0 aliphatic carbocycles. The highest BCUT2D eigenvalue weighted by Gasteiger charge is 2.21. The SMILES string of the molecule is COc1ccccc1CC1CCC(=O)N1. The van der Waals surface area contributed by atoms with Crippen LogP contribution in [0.15, 0.2) is 24.3 Å². The van der Waals surface area contributed by atoms with Crippen LogP contribution in [0.2, 0.25) is 0 Å². The average molecular weight is 205 g/mol. The van der Waals surface area contributed by atoms with Crippen LogP contribution in [-0.2, 0) is 11.2 Å². The number of hydrogen-bond acceptors (Lipinski definition) is 2. The van der Waals surface area contributed by atoms with Gasteiger partial charge < -0.3 is 10.1 Å². The average Bonchev–Trinajstić information content (AvgIpc) is 2.65. The van der Waals surface area contributed by atoms with E-state index in [9.17, 15) is 4.79 Å². The Hall–Kier alpha value is -1.51. The Kier molecular flexibility index (Phi) is 2.90. The lowest BCUT2D eigenvalue weighted by Gasteiger charge is -2.12. The van der Waals surface area contributed by atoms with Gasteiger partial charge in [-0.15, -0.1) is 0 Å². The smallest absolute Gasteiger partial charge is 0.220 e. The molecule has 1 aliphatic rings. The molecule has 0 radical (unpaired) electrons. The third-order valence-electron chi connectivity index (χ3n) is 2.74. The first-order chi connectivity index (χ1) is 7.29. The predicted octanol–water partition coefficient (Wildman–Crippen LogP) is 1.52. The van der Waals surface area contributed by atoms with Gasteiger partial charge in [-0.05, 0) is 24.5 Å². The summed E-state index contributed by atoms with van der Waals surface area (Å²) in [6, 6.07) is 8.22. The molecule has 1 aromatic carbocycles. The summed E-state index contributed by atoms with van der Waals surface area (Å²) >= 11 is 0. The second-order valence-corrected chi connectivity index (χ2v) is 3.82. The van der Waals surface area contributed by atoms with Crippen LogP contribution in [0.1, 0.15) is 18.4 Å². The van der Waals surface area contributed by atoms with E-state index in [0.717, 1.165) is 24.2 Å². The standard InChI is InChI=1S/C12H15NO2/c1-15-11-5-3-2-4-9(11)8-10-6-7-12(14)13-10/h2-5,10H,6-8H2,1H3,(H,13,14). The van der Waals surface area contributed by atoms with Crippen LogP contribution in [0.4, 0.5) is 0 Å². The minimum absolute atomic E-state index is 0.162. The minimum Gasteiger partial charge on any atom is -0.496 e. The van der Waals surface area contributed by atoms with Crippen molar-refractivity contribution in [2.24, 2.45) is 0 Å². The van der Waals surface area contributed by atoms with Gasteiger partial charge in [0.2, 0.25) is 5.91 Å². The number of rotatable bonds is 3. The Bertz CT molecular complexity index is 362. The number of para-hydroxylation sites is 1. The summed E-state index contributed by atoms with van der Waals surface area (Å²) in [7, 11) is 1.67. The summed E-state index contributed by atoms with van der Waals surface area (Å²) in [5, 5.41) is 2.96. The maximum Gasteiger partial charge on any atom is 0.220 e. The molecule has 1 heterocycles. The molecule has 1 aromatic rings. The third kappa shape index (κ3) is 2.29. The summed E-state index contributed by atoms with van der Waals surface area (Å²) in [5.41, 5.74) is 1.16. The lowest BCUT2D eigenvalue weighted by molar-refractivity contribution is -0.119. The van der Waals surface area contributed by atoms with Gasteiger partial charge in [0.1, 0.15) is 5.75 Å². The van der Waals surface area contributed by atoms with Crippen LogP contribution >= 0.6 is 0 Å². The van der Waals surface area contributed by atoms with Crippen molar-refractivity contribution in [1.29, 1.82) is 0 Å². The Morgan fingerprint density at radius 1 is 1.47 bits per heavy atom. The Labute approximate surface area is 89.4 Å². The van der Waals surface area contributed by atoms with Crippen molar-refractivity contribution >= 4 is 5.91 Å². The molecule has 0 aromatic heterocycles. The van der Waals surface area contributed by atoms with Gasteiger partial charge >= 0.3 is 0 Å². The fourth-order valence-corrected chi connectivity index (χ4v) is 1.97. The predicted molar refractivity (Wildman–Crippen MR) is 57.9 cm³/mol. The van der Waals surface area contributed by atoms with Gasteiger partial charge in [-0.2, -0.15) is 0 Å².